The molecule has 0 unspecified atom stereocenters. The first-order valence-corrected chi connectivity index (χ1v) is 7.18. The third-order valence-electron chi connectivity index (χ3n) is 4.53. The van der Waals surface area contributed by atoms with E-state index in [-0.39, 0.29) is 11.7 Å². The average molecular weight is 271 g/mol. The molecule has 2 N–H and O–H groups in total. The normalized spacial score (nSPS) is 23.6. The van der Waals surface area contributed by atoms with Gasteiger partial charge in [0.2, 0.25) is 0 Å². The molecule has 6 nitrogen and oxygen atoms in total. The van der Waals surface area contributed by atoms with Crippen LogP contribution < -0.4 is 5.69 Å². The fourth-order valence-electron chi connectivity index (χ4n) is 3.50. The summed E-state index contributed by atoms with van der Waals surface area (Å²) in [5.41, 5.74) is 3.16. The van der Waals surface area contributed by atoms with Gasteiger partial charge in [-0.15, -0.1) is 0 Å². The summed E-state index contributed by atoms with van der Waals surface area (Å²) in [4.78, 5) is 26.9. The highest BCUT2D eigenvalue weighted by molar-refractivity contribution is 5.98. The minimum Gasteiger partial charge on any atom is -0.341 e. The summed E-state index contributed by atoms with van der Waals surface area (Å²) in [5, 5.41) is 0. The van der Waals surface area contributed by atoms with Crippen LogP contribution in [0.4, 0.5) is 0 Å². The molecule has 1 saturated carbocycles. The average Bonchev–Trinajstić information content (AvgIpc) is 3.02. The summed E-state index contributed by atoms with van der Waals surface area (Å²) < 4.78 is 1.92. The van der Waals surface area contributed by atoms with E-state index in [4.69, 9.17) is 0 Å². The monoisotopic (exact) mass is 271 g/mol. The van der Waals surface area contributed by atoms with Crippen molar-refractivity contribution in [1.29, 1.82) is 0 Å². The molecule has 1 aliphatic rings. The van der Waals surface area contributed by atoms with Crippen LogP contribution in [-0.4, -0.2) is 24.5 Å². The lowest BCUT2D eigenvalue weighted by Gasteiger charge is -2.29. The van der Waals surface area contributed by atoms with Crippen LogP contribution in [0.25, 0.3) is 22.2 Å². The predicted octanol–water partition coefficient (Wildman–Crippen LogP) is 2.35. The van der Waals surface area contributed by atoms with E-state index in [9.17, 15) is 4.79 Å². The zero-order valence-electron chi connectivity index (χ0n) is 11.4. The Hall–Kier alpha value is -2.11. The predicted molar refractivity (Wildman–Crippen MR) is 76.7 cm³/mol. The van der Waals surface area contributed by atoms with Crippen molar-refractivity contribution in [3.63, 3.8) is 0 Å². The van der Waals surface area contributed by atoms with E-state index in [0.29, 0.717) is 11.6 Å². The standard InChI is InChI=1S/C14H17N5O/c1-8-4-2-3-5-10(8)19-12-9(18-14(19)20)6-15-13-11(12)16-7-17-13/h6-8,10H,2-5H2,1H3,(H,18,20)(H,15,16,17)/t8-,10+/m1/s1. The van der Waals surface area contributed by atoms with Gasteiger partial charge in [0, 0.05) is 6.04 Å². The Bertz CT molecular complexity index is 827. The van der Waals surface area contributed by atoms with Crippen LogP contribution in [0.2, 0.25) is 0 Å². The lowest BCUT2D eigenvalue weighted by molar-refractivity contribution is 0.258. The van der Waals surface area contributed by atoms with Gasteiger partial charge in [-0.3, -0.25) is 4.57 Å². The van der Waals surface area contributed by atoms with Gasteiger partial charge < -0.3 is 9.97 Å². The van der Waals surface area contributed by atoms with E-state index in [1.165, 1.54) is 19.3 Å². The Labute approximate surface area is 115 Å². The molecule has 0 aliphatic heterocycles. The van der Waals surface area contributed by atoms with E-state index in [1.807, 2.05) is 4.57 Å². The largest absolute Gasteiger partial charge is 0.341 e. The Kier molecular flexibility index (Phi) is 2.45. The van der Waals surface area contributed by atoms with Crippen LogP contribution in [0, 0.1) is 5.92 Å². The zero-order valence-corrected chi connectivity index (χ0v) is 11.4. The first kappa shape index (κ1) is 11.7. The van der Waals surface area contributed by atoms with Crippen molar-refractivity contribution in [3.05, 3.63) is 23.0 Å². The van der Waals surface area contributed by atoms with Gasteiger partial charge in [0.15, 0.2) is 5.65 Å². The molecular formula is C14H17N5O. The second kappa shape index (κ2) is 4.19. The van der Waals surface area contributed by atoms with Crippen LogP contribution in [0.15, 0.2) is 17.3 Å². The lowest BCUT2D eigenvalue weighted by atomic mass is 9.85. The van der Waals surface area contributed by atoms with Crippen LogP contribution in [0.1, 0.15) is 38.6 Å². The third-order valence-corrected chi connectivity index (χ3v) is 4.53. The summed E-state index contributed by atoms with van der Waals surface area (Å²) >= 11 is 0. The molecule has 1 fully saturated rings. The number of pyridine rings is 1. The quantitative estimate of drug-likeness (QED) is 0.713. The van der Waals surface area contributed by atoms with Gasteiger partial charge in [0.25, 0.3) is 0 Å². The number of H-pyrrole nitrogens is 2. The minimum absolute atomic E-state index is 0.0392. The molecule has 0 radical (unpaired) electrons. The van der Waals surface area contributed by atoms with Gasteiger partial charge in [-0.2, -0.15) is 0 Å². The van der Waals surface area contributed by atoms with E-state index < -0.39 is 0 Å². The summed E-state index contributed by atoms with van der Waals surface area (Å²) in [6.07, 6.45) is 8.02. The van der Waals surface area contributed by atoms with Crippen molar-refractivity contribution in [2.45, 2.75) is 38.6 Å². The molecule has 4 rings (SSSR count). The third kappa shape index (κ3) is 1.54. The SMILES string of the molecule is C[C@@H]1CCCC[C@@H]1n1c(=O)[nH]c2cnc3nc[nH]c3c21. The molecule has 1 aliphatic carbocycles. The Morgan fingerprint density at radius 1 is 1.30 bits per heavy atom. The first-order chi connectivity index (χ1) is 9.75. The molecule has 0 bridgehead atoms. The first-order valence-electron chi connectivity index (χ1n) is 7.18. The summed E-state index contributed by atoms with van der Waals surface area (Å²) in [6.45, 7) is 2.24. The highest BCUT2D eigenvalue weighted by atomic mass is 16.1. The van der Waals surface area contributed by atoms with Crippen LogP contribution in [0.3, 0.4) is 0 Å². The summed E-state index contributed by atoms with van der Waals surface area (Å²) in [7, 11) is 0. The number of rotatable bonds is 1. The Morgan fingerprint density at radius 3 is 3.00 bits per heavy atom. The molecule has 3 aromatic heterocycles. The molecule has 6 heteroatoms. The minimum atomic E-state index is -0.0392. The second-order valence-corrected chi connectivity index (χ2v) is 5.75. The fraction of sp³-hybridized carbons (Fsp3) is 0.500. The number of imidazole rings is 2. The number of fused-ring (bicyclic) bond motifs is 3. The molecule has 0 aromatic carbocycles. The van der Waals surface area contributed by atoms with E-state index in [2.05, 4.69) is 26.9 Å². The van der Waals surface area contributed by atoms with Gasteiger partial charge in [0.1, 0.15) is 5.52 Å². The van der Waals surface area contributed by atoms with Crippen molar-refractivity contribution in [2.75, 3.05) is 0 Å². The van der Waals surface area contributed by atoms with Crippen LogP contribution in [-0.2, 0) is 0 Å². The van der Waals surface area contributed by atoms with Gasteiger partial charge in [-0.05, 0) is 18.8 Å². The molecule has 104 valence electrons. The maximum absolute atomic E-state index is 12.4. The van der Waals surface area contributed by atoms with Crippen molar-refractivity contribution >= 4 is 22.2 Å². The summed E-state index contributed by atoms with van der Waals surface area (Å²) in [6, 6.07) is 0.263. The van der Waals surface area contributed by atoms with Crippen molar-refractivity contribution in [1.82, 2.24) is 24.5 Å². The molecule has 0 spiro atoms. The maximum Gasteiger partial charge on any atom is 0.326 e. The van der Waals surface area contributed by atoms with Crippen LogP contribution in [0.5, 0.6) is 0 Å². The number of nitrogens with one attached hydrogen (secondary N) is 2. The number of hydrogen-bond donors (Lipinski definition) is 2. The van der Waals surface area contributed by atoms with Gasteiger partial charge in [0.05, 0.1) is 23.6 Å². The Morgan fingerprint density at radius 2 is 2.15 bits per heavy atom. The van der Waals surface area contributed by atoms with Gasteiger partial charge in [-0.25, -0.2) is 14.8 Å². The number of nitrogens with zero attached hydrogens (tertiary/aromatic N) is 3. The number of aromatic nitrogens is 5. The lowest BCUT2D eigenvalue weighted by Crippen LogP contribution is -2.29. The van der Waals surface area contributed by atoms with Crippen molar-refractivity contribution in [2.24, 2.45) is 5.92 Å². The van der Waals surface area contributed by atoms with Gasteiger partial charge in [-0.1, -0.05) is 19.8 Å². The highest BCUT2D eigenvalue weighted by Gasteiger charge is 2.27. The summed E-state index contributed by atoms with van der Waals surface area (Å²) in [5.74, 6) is 0.520. The van der Waals surface area contributed by atoms with Crippen LogP contribution >= 0.6 is 0 Å². The van der Waals surface area contributed by atoms with E-state index in [1.54, 1.807) is 12.5 Å². The van der Waals surface area contributed by atoms with E-state index >= 15 is 0 Å². The van der Waals surface area contributed by atoms with Crippen molar-refractivity contribution in [3.8, 4) is 0 Å². The van der Waals surface area contributed by atoms with Crippen molar-refractivity contribution < 1.29 is 0 Å². The Balaban J connectivity index is 2.04. The highest BCUT2D eigenvalue weighted by Crippen LogP contribution is 2.35. The molecule has 0 saturated heterocycles. The smallest absolute Gasteiger partial charge is 0.326 e. The molecule has 3 heterocycles. The number of aromatic amines is 2. The number of hydrogen-bond acceptors (Lipinski definition) is 3. The molecule has 3 aromatic rings. The molecule has 20 heavy (non-hydrogen) atoms. The topological polar surface area (TPSA) is 79.4 Å². The molecule has 2 atom stereocenters. The maximum atomic E-state index is 12.4. The second-order valence-electron chi connectivity index (χ2n) is 5.75. The zero-order chi connectivity index (χ0) is 13.7. The molecule has 0 amide bonds. The van der Waals surface area contributed by atoms with Gasteiger partial charge >= 0.3 is 5.69 Å². The fourth-order valence-corrected chi connectivity index (χ4v) is 3.50. The van der Waals surface area contributed by atoms with E-state index in [0.717, 1.165) is 23.0 Å². The molecular weight excluding hydrogens is 254 g/mol.